The number of anilines is 2. The minimum atomic E-state index is -0.969. The Labute approximate surface area is 228 Å². The van der Waals surface area contributed by atoms with E-state index in [1.807, 2.05) is 6.07 Å². The molecular weight excluding hydrogens is 491 g/mol. The molecule has 3 aliphatic heterocycles. The van der Waals surface area contributed by atoms with Gasteiger partial charge in [-0.2, -0.15) is 0 Å². The highest BCUT2D eigenvalue weighted by Crippen LogP contribution is 2.47. The number of rotatable bonds is 4. The van der Waals surface area contributed by atoms with Gasteiger partial charge in [-0.05, 0) is 41.8 Å². The summed E-state index contributed by atoms with van der Waals surface area (Å²) in [7, 11) is 0. The van der Waals surface area contributed by atoms with Crippen LogP contribution in [0.2, 0.25) is 0 Å². The standard InChI is InChI=1S/C33H31FN2O3/c34-26-5-3-4-25(22-26)33(24-8-10-27(11-9-24)35-14-18-37-19-15-35)13-12-30-28-6-1-2-7-29(28)31(23-32(30)39-33)36-16-20-38-21-17-36/h1-13,22-23H,14-21H2. The molecule has 1 atom stereocenters. The Kier molecular flexibility index (Phi) is 6.22. The number of ether oxygens (including phenoxy) is 3. The first-order valence-corrected chi connectivity index (χ1v) is 13.7. The highest BCUT2D eigenvalue weighted by atomic mass is 19.1. The predicted octanol–water partition coefficient (Wildman–Crippen LogP) is 6.00. The molecule has 0 N–H and O–H groups in total. The average Bonchev–Trinajstić information content (AvgIpc) is 3.01. The van der Waals surface area contributed by atoms with Gasteiger partial charge in [-0.1, -0.05) is 48.5 Å². The zero-order valence-corrected chi connectivity index (χ0v) is 21.8. The van der Waals surface area contributed by atoms with Crippen molar-refractivity contribution >= 4 is 28.2 Å². The van der Waals surface area contributed by atoms with Crippen LogP contribution in [0.25, 0.3) is 16.8 Å². The zero-order valence-electron chi connectivity index (χ0n) is 21.8. The first-order chi connectivity index (χ1) is 19.2. The Hall–Kier alpha value is -3.87. The monoisotopic (exact) mass is 522 g/mol. The third kappa shape index (κ3) is 4.34. The Morgan fingerprint density at radius 3 is 2.08 bits per heavy atom. The molecule has 4 aromatic carbocycles. The third-order valence-electron chi connectivity index (χ3n) is 8.06. The first kappa shape index (κ1) is 24.2. The number of benzene rings is 4. The van der Waals surface area contributed by atoms with Crippen LogP contribution in [-0.4, -0.2) is 52.6 Å². The van der Waals surface area contributed by atoms with Crippen LogP contribution in [0.1, 0.15) is 16.7 Å². The van der Waals surface area contributed by atoms with Crippen molar-refractivity contribution in [2.24, 2.45) is 0 Å². The molecule has 0 spiro atoms. The summed E-state index contributed by atoms with van der Waals surface area (Å²) in [6.45, 7) is 6.27. The summed E-state index contributed by atoms with van der Waals surface area (Å²) in [4.78, 5) is 4.70. The van der Waals surface area contributed by atoms with Gasteiger partial charge in [0, 0.05) is 65.7 Å². The lowest BCUT2D eigenvalue weighted by Crippen LogP contribution is -2.37. The number of hydrogen-bond donors (Lipinski definition) is 0. The Morgan fingerprint density at radius 2 is 1.36 bits per heavy atom. The summed E-state index contributed by atoms with van der Waals surface area (Å²) in [5, 5.41) is 2.34. The summed E-state index contributed by atoms with van der Waals surface area (Å²) in [5.74, 6) is 0.506. The Bertz CT molecular complexity index is 1520. The van der Waals surface area contributed by atoms with Crippen LogP contribution < -0.4 is 14.5 Å². The van der Waals surface area contributed by atoms with Gasteiger partial charge in [-0.15, -0.1) is 0 Å². The minimum absolute atomic E-state index is 0.285. The second-order valence-electron chi connectivity index (χ2n) is 10.3. The average molecular weight is 523 g/mol. The Balaban J connectivity index is 1.36. The Morgan fingerprint density at radius 1 is 0.667 bits per heavy atom. The molecule has 6 heteroatoms. The molecule has 0 bridgehead atoms. The number of morpholine rings is 2. The normalized spacial score (nSPS) is 21.1. The van der Waals surface area contributed by atoms with Crippen LogP contribution in [0.3, 0.4) is 0 Å². The van der Waals surface area contributed by atoms with E-state index in [9.17, 15) is 4.39 Å². The molecule has 0 saturated carbocycles. The van der Waals surface area contributed by atoms with E-state index in [4.69, 9.17) is 14.2 Å². The van der Waals surface area contributed by atoms with Gasteiger partial charge in [0.25, 0.3) is 0 Å². The van der Waals surface area contributed by atoms with Crippen molar-refractivity contribution in [2.75, 3.05) is 62.4 Å². The molecule has 39 heavy (non-hydrogen) atoms. The van der Waals surface area contributed by atoms with Crippen molar-refractivity contribution in [3.8, 4) is 5.75 Å². The molecule has 4 aromatic rings. The van der Waals surface area contributed by atoms with E-state index in [1.165, 1.54) is 11.5 Å². The van der Waals surface area contributed by atoms with Crippen molar-refractivity contribution in [1.29, 1.82) is 0 Å². The van der Waals surface area contributed by atoms with E-state index >= 15 is 0 Å². The highest BCUT2D eigenvalue weighted by Gasteiger charge is 2.38. The molecule has 3 aliphatic rings. The van der Waals surface area contributed by atoms with E-state index in [0.29, 0.717) is 13.2 Å². The molecule has 198 valence electrons. The quantitative estimate of drug-likeness (QED) is 0.328. The van der Waals surface area contributed by atoms with Crippen LogP contribution >= 0.6 is 0 Å². The molecule has 3 heterocycles. The van der Waals surface area contributed by atoms with Gasteiger partial charge in [0.05, 0.1) is 26.4 Å². The molecule has 0 aromatic heterocycles. The predicted molar refractivity (Wildman–Crippen MR) is 153 cm³/mol. The molecule has 7 rings (SSSR count). The van der Waals surface area contributed by atoms with E-state index in [1.54, 1.807) is 12.1 Å². The molecule has 0 aliphatic carbocycles. The summed E-state index contributed by atoms with van der Waals surface area (Å²) in [6.07, 6.45) is 4.22. The number of nitrogens with zero attached hydrogens (tertiary/aromatic N) is 2. The highest BCUT2D eigenvalue weighted by molar-refractivity contribution is 6.02. The topological polar surface area (TPSA) is 34.2 Å². The molecule has 5 nitrogen and oxygen atoms in total. The van der Waals surface area contributed by atoms with E-state index in [2.05, 4.69) is 76.5 Å². The van der Waals surface area contributed by atoms with Crippen molar-refractivity contribution in [2.45, 2.75) is 5.60 Å². The van der Waals surface area contributed by atoms with Crippen LogP contribution in [0, 0.1) is 5.82 Å². The molecule has 2 fully saturated rings. The number of hydrogen-bond acceptors (Lipinski definition) is 5. The third-order valence-corrected chi connectivity index (χ3v) is 8.06. The van der Waals surface area contributed by atoms with Crippen LogP contribution in [0.5, 0.6) is 5.75 Å². The van der Waals surface area contributed by atoms with Crippen LogP contribution in [0.15, 0.2) is 84.9 Å². The van der Waals surface area contributed by atoms with Crippen molar-refractivity contribution in [1.82, 2.24) is 0 Å². The SMILES string of the molecule is Fc1cccc(C2(c3ccc(N4CCOCC4)cc3)C=Cc3c(cc(N4CCOCC4)c4ccccc34)O2)c1. The lowest BCUT2D eigenvalue weighted by Gasteiger charge is -2.38. The van der Waals surface area contributed by atoms with Gasteiger partial charge >= 0.3 is 0 Å². The van der Waals surface area contributed by atoms with Crippen molar-refractivity contribution < 1.29 is 18.6 Å². The molecule has 0 radical (unpaired) electrons. The summed E-state index contributed by atoms with van der Waals surface area (Å²) >= 11 is 0. The second-order valence-corrected chi connectivity index (χ2v) is 10.3. The molecular formula is C33H31FN2O3. The zero-order chi connectivity index (χ0) is 26.2. The maximum Gasteiger partial charge on any atom is 0.178 e. The smallest absolute Gasteiger partial charge is 0.178 e. The fourth-order valence-electron chi connectivity index (χ4n) is 6.02. The van der Waals surface area contributed by atoms with E-state index in [0.717, 1.165) is 78.6 Å². The van der Waals surface area contributed by atoms with Gasteiger partial charge in [-0.3, -0.25) is 0 Å². The summed E-state index contributed by atoms with van der Waals surface area (Å²) < 4.78 is 32.8. The van der Waals surface area contributed by atoms with Gasteiger partial charge in [0.15, 0.2) is 5.60 Å². The molecule has 2 saturated heterocycles. The van der Waals surface area contributed by atoms with E-state index < -0.39 is 5.60 Å². The van der Waals surface area contributed by atoms with Crippen LogP contribution in [-0.2, 0) is 15.1 Å². The summed E-state index contributed by atoms with van der Waals surface area (Å²) in [5.41, 5.74) is 4.07. The number of halogens is 1. The molecule has 1 unspecified atom stereocenters. The fourth-order valence-corrected chi connectivity index (χ4v) is 6.02. The minimum Gasteiger partial charge on any atom is -0.473 e. The van der Waals surface area contributed by atoms with Gasteiger partial charge in [-0.25, -0.2) is 4.39 Å². The molecule has 0 amide bonds. The first-order valence-electron chi connectivity index (χ1n) is 13.7. The lowest BCUT2D eigenvalue weighted by molar-refractivity contribution is 0.122. The van der Waals surface area contributed by atoms with Crippen molar-refractivity contribution in [3.63, 3.8) is 0 Å². The maximum absolute atomic E-state index is 14.6. The maximum atomic E-state index is 14.6. The van der Waals surface area contributed by atoms with Crippen LogP contribution in [0.4, 0.5) is 15.8 Å². The number of fused-ring (bicyclic) bond motifs is 3. The van der Waals surface area contributed by atoms with Gasteiger partial charge in [0.1, 0.15) is 11.6 Å². The van der Waals surface area contributed by atoms with E-state index in [-0.39, 0.29) is 5.82 Å². The summed E-state index contributed by atoms with van der Waals surface area (Å²) in [6, 6.07) is 25.9. The van der Waals surface area contributed by atoms with Gasteiger partial charge < -0.3 is 24.0 Å². The largest absolute Gasteiger partial charge is 0.473 e. The fraction of sp³-hybridized carbons (Fsp3) is 0.273. The van der Waals surface area contributed by atoms with Gasteiger partial charge in [0.2, 0.25) is 0 Å². The lowest BCUT2D eigenvalue weighted by atomic mass is 9.83. The van der Waals surface area contributed by atoms with Crippen molar-refractivity contribution in [3.05, 3.63) is 107 Å². The second kappa shape index (κ2) is 10.0.